The van der Waals surface area contributed by atoms with Crippen molar-refractivity contribution in [3.8, 4) is 21.1 Å². The molecule has 0 atom stereocenters. The molecule has 0 radical (unpaired) electrons. The number of hydrogen-bond donors (Lipinski definition) is 0. The van der Waals surface area contributed by atoms with Gasteiger partial charge >= 0.3 is 77.5 Å². The summed E-state index contributed by atoms with van der Waals surface area (Å²) in [5.74, 6) is 0. The van der Waals surface area contributed by atoms with Gasteiger partial charge in [0.25, 0.3) is 0 Å². The minimum Gasteiger partial charge on any atom is -0.175 e. The van der Waals surface area contributed by atoms with Crippen LogP contribution in [0.15, 0.2) is 60.7 Å². The van der Waals surface area contributed by atoms with Crippen molar-refractivity contribution in [1.82, 2.24) is 4.98 Å². The summed E-state index contributed by atoms with van der Waals surface area (Å²) >= 11 is 0. The molecular weight excluding hydrogens is 581 g/mol. The molecule has 0 spiro atoms. The van der Waals surface area contributed by atoms with Gasteiger partial charge in [-0.1, -0.05) is 48.5 Å². The molecule has 0 aliphatic rings. The molecule has 0 aliphatic heterocycles. The Bertz CT molecular complexity index is 738. The van der Waals surface area contributed by atoms with Gasteiger partial charge in [-0.25, -0.2) is 0 Å². The number of halogens is 6. The van der Waals surface area contributed by atoms with Crippen molar-refractivity contribution in [1.29, 1.82) is 0 Å². The van der Waals surface area contributed by atoms with Crippen molar-refractivity contribution in [2.24, 2.45) is 0 Å². The fourth-order valence-electron chi connectivity index (χ4n) is 1.60. The van der Waals surface area contributed by atoms with Gasteiger partial charge in [0, 0.05) is 5.56 Å². The first-order valence-corrected chi connectivity index (χ1v) is 27.9. The third-order valence-corrected chi connectivity index (χ3v) is 4.69. The largest absolute Gasteiger partial charge is 0.348 e. The summed E-state index contributed by atoms with van der Waals surface area (Å²) in [6, 6.07) is 20.6. The number of rotatable bonds is 2. The van der Waals surface area contributed by atoms with Crippen molar-refractivity contribution < 1.29 is 0 Å². The third kappa shape index (κ3) is 9.61. The summed E-state index contributed by atoms with van der Waals surface area (Å²) in [6.45, 7) is 0. The fraction of sp³-hybridized carbons (Fsp3) is 0. The van der Waals surface area contributed by atoms with Crippen LogP contribution in [0.1, 0.15) is 0 Å². The van der Waals surface area contributed by atoms with Crippen molar-refractivity contribution >= 4 is 82.8 Å². The van der Waals surface area contributed by atoms with E-state index in [2.05, 4.69) is 29.2 Å². The molecule has 0 fully saturated rings. The van der Waals surface area contributed by atoms with Gasteiger partial charge in [0.2, 0.25) is 0 Å². The van der Waals surface area contributed by atoms with Crippen molar-refractivity contribution in [3.63, 3.8) is 0 Å². The Labute approximate surface area is 167 Å². The van der Waals surface area contributed by atoms with E-state index in [9.17, 15) is 0 Å². The molecule has 1 heterocycles. The summed E-state index contributed by atoms with van der Waals surface area (Å²) < 4.78 is 0. The number of nitrogens with zero attached hydrogens (tertiary/aromatic N) is 1. The van der Waals surface area contributed by atoms with Crippen LogP contribution in [0.25, 0.3) is 21.1 Å². The van der Waals surface area contributed by atoms with E-state index in [0.29, 0.717) is 0 Å². The van der Waals surface area contributed by atoms with Crippen LogP contribution in [-0.2, 0) is 0 Å². The third-order valence-electron chi connectivity index (χ3n) is 2.44. The van der Waals surface area contributed by atoms with E-state index in [0.717, 1.165) is 10.0 Å². The molecule has 1 aromatic heterocycles. The molecule has 0 amide bonds. The zero-order chi connectivity index (χ0) is 17.9. The minimum absolute atomic E-state index is 1.09. The summed E-state index contributed by atoms with van der Waals surface area (Å²) in [4.78, 5) is 4.69. The van der Waals surface area contributed by atoms with Gasteiger partial charge < -0.3 is 0 Å². The van der Waals surface area contributed by atoms with Crippen LogP contribution < -0.4 is 0 Å². The second-order valence-electron chi connectivity index (χ2n) is 4.58. The van der Waals surface area contributed by atoms with E-state index in [1.54, 1.807) is 20.7 Å². The zero-order valence-corrected chi connectivity index (χ0v) is 20.5. The molecule has 0 saturated carbocycles. The first-order chi connectivity index (χ1) is 10.9. The molecule has 1 nitrogen and oxygen atoms in total. The van der Waals surface area contributed by atoms with Crippen LogP contribution in [0.5, 0.6) is 0 Å². The normalized spacial score (nSPS) is 14.1. The molecule has 24 heavy (non-hydrogen) atoms. The van der Waals surface area contributed by atoms with Crippen LogP contribution in [0.3, 0.4) is 0 Å². The van der Waals surface area contributed by atoms with Gasteiger partial charge in [-0.05, 0) is 12.1 Å². The average Bonchev–Trinajstić information content (AvgIpc) is 2.96. The Morgan fingerprint density at radius 2 is 1.12 bits per heavy atom. The fourth-order valence-corrected chi connectivity index (χ4v) is 3.81. The van der Waals surface area contributed by atoms with E-state index in [-0.39, 0.29) is 0 Å². The van der Waals surface area contributed by atoms with E-state index in [1.807, 2.05) is 36.4 Å². The molecule has 2 aromatic carbocycles. The molecular formula is C14H10Cl6NS2Sb. The van der Waals surface area contributed by atoms with Gasteiger partial charge in [0.05, 0.1) is 5.56 Å². The number of aromatic nitrogens is 1. The Morgan fingerprint density at radius 3 is 1.58 bits per heavy atom. The van der Waals surface area contributed by atoms with E-state index in [4.69, 9.17) is 53.0 Å². The van der Waals surface area contributed by atoms with Gasteiger partial charge in [-0.3, -0.25) is 0 Å². The molecule has 10 heteroatoms. The number of benzene rings is 2. The summed E-state index contributed by atoms with van der Waals surface area (Å²) in [6.07, 6.45) is 0. The van der Waals surface area contributed by atoms with E-state index < -0.39 is 9.14 Å². The van der Waals surface area contributed by atoms with Gasteiger partial charge in [-0.2, -0.15) is 4.98 Å². The van der Waals surface area contributed by atoms with Crippen LogP contribution in [0, 0.1) is 0 Å². The van der Waals surface area contributed by atoms with Crippen LogP contribution in [0.2, 0.25) is 0 Å². The monoisotopic (exact) mass is 587 g/mol. The second kappa shape index (κ2) is 7.54. The first-order valence-electron chi connectivity index (χ1n) is 6.36. The Hall–Kier alpha value is 0.978. The Kier molecular flexibility index (Phi) is 6.69. The van der Waals surface area contributed by atoms with Crippen LogP contribution >= 0.6 is 73.7 Å². The summed E-state index contributed by atoms with van der Waals surface area (Å²) in [5, 5.41) is 2.18. The quantitative estimate of drug-likeness (QED) is 0.166. The molecule has 0 bridgehead atoms. The van der Waals surface area contributed by atoms with Crippen molar-refractivity contribution in [3.05, 3.63) is 60.7 Å². The molecule has 3 rings (SSSR count). The predicted molar refractivity (Wildman–Crippen MR) is 116 cm³/mol. The molecule has 0 unspecified atom stereocenters. The maximum absolute atomic E-state index is 5.42. The van der Waals surface area contributed by atoms with Crippen LogP contribution in [0.4, 0.5) is 0 Å². The smallest absolute Gasteiger partial charge is 0.175 e. The first kappa shape index (κ1) is 21.3. The maximum atomic E-state index is 5.06. The molecule has 0 aliphatic carbocycles. The zero-order valence-electron chi connectivity index (χ0n) is 11.8. The molecule has 3 aromatic rings. The number of hydrogen-bond acceptors (Lipinski definition) is 2. The average molecular weight is 591 g/mol. The standard InChI is InChI=1S/C14H10NS2.6ClH.Sb/c1-3-7-11(8-4-1)13-15-14(17-16-13)12-9-5-2-6-10-12;;;;;;;/h1-10H;6*1H;/q+1;;;;;;;+5/p-6. The van der Waals surface area contributed by atoms with E-state index >= 15 is 0 Å². The molecule has 0 N–H and O–H groups in total. The van der Waals surface area contributed by atoms with Crippen LogP contribution in [-0.4, -0.2) is 14.1 Å². The van der Waals surface area contributed by atoms with Crippen molar-refractivity contribution in [2.45, 2.75) is 0 Å². The summed E-state index contributed by atoms with van der Waals surface area (Å²) in [7, 11) is 28.4. The van der Waals surface area contributed by atoms with Gasteiger partial charge in [0.15, 0.2) is 15.3 Å². The van der Waals surface area contributed by atoms with Gasteiger partial charge in [0.1, 0.15) is 0 Å². The Balaban J connectivity index is 0.000000256. The summed E-state index contributed by atoms with van der Waals surface area (Å²) in [5.41, 5.74) is 2.38. The Morgan fingerprint density at radius 1 is 0.708 bits per heavy atom. The second-order valence-corrected chi connectivity index (χ2v) is 63.6. The SMILES string of the molecule is [Cl][Sb-]([Cl])([Cl])([Cl])([Cl])[Cl].c1ccc(-c2nc(-c3ccccc3)[s+]s2)cc1. The van der Waals surface area contributed by atoms with Gasteiger partial charge in [-0.15, -0.1) is 0 Å². The maximum Gasteiger partial charge on any atom is 0.348 e. The predicted octanol–water partition coefficient (Wildman–Crippen LogP) is 8.58. The molecule has 0 saturated heterocycles. The molecule has 130 valence electrons. The van der Waals surface area contributed by atoms with Crippen molar-refractivity contribution in [2.75, 3.05) is 0 Å². The topological polar surface area (TPSA) is 12.9 Å². The minimum atomic E-state index is -5.42. The van der Waals surface area contributed by atoms with E-state index in [1.165, 1.54) is 11.1 Å².